The van der Waals surface area contributed by atoms with Crippen molar-refractivity contribution in [2.45, 2.75) is 134 Å². The number of hydrogen-bond acceptors (Lipinski definition) is 10. The van der Waals surface area contributed by atoms with Crippen molar-refractivity contribution in [1.29, 1.82) is 0 Å². The molecule has 6 aromatic carbocycles. The molecule has 2 aliphatic rings. The van der Waals surface area contributed by atoms with E-state index in [4.69, 9.17) is 27.4 Å². The summed E-state index contributed by atoms with van der Waals surface area (Å²) in [6.07, 6.45) is -14.4. The molecule has 0 saturated carbocycles. The van der Waals surface area contributed by atoms with E-state index in [2.05, 4.69) is 9.97 Å². The molecule has 1 atom stereocenters. The first-order valence-corrected chi connectivity index (χ1v) is 31.7. The van der Waals surface area contributed by atoms with Crippen LogP contribution >= 0.6 is 23.5 Å². The van der Waals surface area contributed by atoms with Crippen LogP contribution in [0.2, 0.25) is 0 Å². The van der Waals surface area contributed by atoms with Crippen molar-refractivity contribution in [3.8, 4) is 22.3 Å². The minimum absolute atomic E-state index is 0.00429. The summed E-state index contributed by atoms with van der Waals surface area (Å²) in [5.74, 6) is -5.72. The second kappa shape index (κ2) is 32.9. The van der Waals surface area contributed by atoms with Crippen molar-refractivity contribution in [3.63, 3.8) is 0 Å². The maximum atomic E-state index is 14.7. The lowest BCUT2D eigenvalue weighted by molar-refractivity contribution is -0.138. The predicted octanol–water partition coefficient (Wildman–Crippen LogP) is 15.0. The van der Waals surface area contributed by atoms with Gasteiger partial charge in [0.05, 0.1) is 26.2 Å². The second-order valence-electron chi connectivity index (χ2n) is 21.4. The van der Waals surface area contributed by atoms with E-state index in [1.807, 2.05) is 0 Å². The van der Waals surface area contributed by atoms with Gasteiger partial charge in [-0.2, -0.15) is 36.3 Å². The maximum Gasteiger partial charge on any atom is 0.416 e. The number of likely N-dealkylation sites (N-methyl/N-ethyl adjacent to an activating group) is 2. The van der Waals surface area contributed by atoms with Gasteiger partial charge in [-0.25, -0.2) is 8.78 Å². The Morgan fingerprint density at radius 1 is 0.573 bits per heavy atom. The molecule has 0 aliphatic heterocycles. The fraction of sp³-hybridized carbons (Fsp3) is 0.378. The summed E-state index contributed by atoms with van der Waals surface area (Å²) in [7, 11) is 0. The molecule has 2 heterocycles. The number of halogens is 8. The molecule has 96 heavy (non-hydrogen) atoms. The third-order valence-electron chi connectivity index (χ3n) is 15.0. The van der Waals surface area contributed by atoms with Crippen molar-refractivity contribution in [1.82, 2.24) is 38.7 Å². The molecule has 10 rings (SSSR count). The largest absolute Gasteiger partial charge is 0.416 e. The monoisotopic (exact) mass is 1380 g/mol. The summed E-state index contributed by atoms with van der Waals surface area (Å²) in [6, 6.07) is 12.2. The van der Waals surface area contributed by atoms with Crippen LogP contribution in [0.4, 0.5) is 35.1 Å². The highest BCUT2D eigenvalue weighted by Crippen LogP contribution is 2.36. The third kappa shape index (κ3) is 19.0. The molecule has 2 aliphatic carbocycles. The number of alkyl halides is 6. The number of hydrogen-bond donors (Lipinski definition) is 0. The van der Waals surface area contributed by atoms with Crippen molar-refractivity contribution < 1.29 is 77.6 Å². The molecule has 0 radical (unpaired) electrons. The van der Waals surface area contributed by atoms with Gasteiger partial charge in [-0.1, -0.05) is 155 Å². The zero-order valence-electron chi connectivity index (χ0n) is 76.6. The van der Waals surface area contributed by atoms with Gasteiger partial charge in [0.2, 0.25) is 11.8 Å². The zero-order chi connectivity index (χ0) is 90.2. The minimum atomic E-state index is -5.16. The SMILES string of the molecule is [2H]C([2H])(C)N(CCN(C(=O)Cn1c(SCc2ccc(F)cc2)nc(=O)c2c1C([2H])([2H])C([2H])(C)C2([2H])[2H])C([2H])([2H])c1ccc(-c2ccc(C(F)(F)F)cc2)cc1)C([2H])([2H])C.[2H]c1c([2H])c(C([2H])([2H])N(CCN(C([2H])([2H])C)C([2H])([2H])C)C(=O)Cn2c(SCc3ccc(F)cc3)nc(=O)c3c2CCC3)c([2H])c([2H])c1-c1c([2H])c([2H])c(C(F)(F)F)c(C)c1[2H]. The fourth-order valence-electron chi connectivity index (χ4n) is 10.0. The van der Waals surface area contributed by atoms with Crippen LogP contribution in [0.25, 0.3) is 22.3 Å². The van der Waals surface area contributed by atoms with Gasteiger partial charge in [0.15, 0.2) is 10.3 Å². The lowest BCUT2D eigenvalue weighted by atomic mass is 9.98. The molecule has 1 unspecified atom stereocenters. The third-order valence-corrected chi connectivity index (χ3v) is 17.1. The predicted molar refractivity (Wildman–Crippen MR) is 362 cm³/mol. The van der Waals surface area contributed by atoms with Crippen molar-refractivity contribution in [3.05, 3.63) is 233 Å². The first-order valence-electron chi connectivity index (χ1n) is 41.7. The number of nitrogens with zero attached hydrogens (tertiary/aromatic N) is 8. The number of fused-ring (bicyclic) bond motifs is 2. The Hall–Kier alpha value is -7.92. The van der Waals surface area contributed by atoms with Gasteiger partial charge in [0.1, 0.15) is 24.7 Å². The van der Waals surface area contributed by atoms with E-state index in [9.17, 15) is 59.8 Å². The molecule has 2 amide bonds. The Morgan fingerprint density at radius 3 is 1.52 bits per heavy atom. The van der Waals surface area contributed by atoms with Gasteiger partial charge in [-0.3, -0.25) is 19.2 Å². The molecule has 0 spiro atoms. The Balaban J connectivity index is 0.000000273. The molecule has 508 valence electrons. The van der Waals surface area contributed by atoms with Crippen LogP contribution in [-0.4, -0.2) is 103 Å². The van der Waals surface area contributed by atoms with Crippen molar-refractivity contribution in [2.75, 3.05) is 52.2 Å². The standard InChI is InChI=1S/2C37H40F4N4O2S/c1-4-43(5-2)18-19-44(22-26-6-10-28(11-7-26)29-12-14-30(15-13-29)37(39,40)41)34(46)23-45-33-21-25(3)20-32(33)35(47)42-36(45)48-24-27-8-16-31(38)17-9-27;1-4-43(5-2)19-20-44(22-26-9-13-28(14-10-26)29-15-18-32(25(3)21-29)37(39,40)41)34(46)23-45-33-8-6-7-31(33)35(47)42-36(45)48-24-27-11-16-30(38)17-12-27/h6-17,25H,4-5,18-24H2,1-3H3;9-18,21H,4-8,19-20,22-24H2,1-3H3/i4D2,5D2,20D2,21D2,22D2,25D;4D2,5D2,9D,10D,13D,14D,15D,18D,21D,22D2. The van der Waals surface area contributed by atoms with Crippen LogP contribution in [0.5, 0.6) is 0 Å². The van der Waals surface area contributed by atoms with Crippen LogP contribution < -0.4 is 11.1 Å². The molecule has 22 heteroatoms. The number of aromatic nitrogens is 4. The van der Waals surface area contributed by atoms with Crippen LogP contribution in [0, 0.1) is 24.5 Å². The molecule has 0 N–H and O–H groups in total. The highest BCUT2D eigenvalue weighted by Gasteiger charge is 2.34. The van der Waals surface area contributed by atoms with E-state index in [-0.39, 0.29) is 27.4 Å². The van der Waals surface area contributed by atoms with E-state index < -0.39 is 231 Å². The number of carbonyl (C=O) groups is 2. The summed E-state index contributed by atoms with van der Waals surface area (Å²) in [5, 5.41) is -0.270. The normalized spacial score (nSPS) is 20.0. The van der Waals surface area contributed by atoms with Gasteiger partial charge >= 0.3 is 12.4 Å². The Bertz CT molecular complexity index is 5250. The van der Waals surface area contributed by atoms with Crippen molar-refractivity contribution >= 4 is 35.3 Å². The summed E-state index contributed by atoms with van der Waals surface area (Å²) >= 11 is 1.84. The topological polar surface area (TPSA) is 117 Å². The molecule has 2 aromatic heterocycles. The minimum Gasteiger partial charge on any atom is -0.336 e. The van der Waals surface area contributed by atoms with E-state index in [0.29, 0.717) is 67.5 Å². The molecular formula is C74H80F8N8O4S2. The number of benzene rings is 6. The Morgan fingerprint density at radius 2 is 1.03 bits per heavy atom. The van der Waals surface area contributed by atoms with Crippen molar-refractivity contribution in [2.24, 2.45) is 5.89 Å². The van der Waals surface area contributed by atoms with Crippen LogP contribution in [0.1, 0.15) is 135 Å². The lowest BCUT2D eigenvalue weighted by Gasteiger charge is -2.28. The smallest absolute Gasteiger partial charge is 0.336 e. The van der Waals surface area contributed by atoms with E-state index in [0.717, 1.165) is 86.7 Å². The summed E-state index contributed by atoms with van der Waals surface area (Å²) < 4.78 is 318. The highest BCUT2D eigenvalue weighted by molar-refractivity contribution is 7.98. The Labute approximate surface area is 597 Å². The first kappa shape index (κ1) is 46.3. The molecular weight excluding hydrogens is 1280 g/mol. The second-order valence-corrected chi connectivity index (χ2v) is 23.3. The fourth-order valence-corrected chi connectivity index (χ4v) is 11.9. The Kier molecular flexibility index (Phi) is 15.9. The molecule has 0 saturated heterocycles. The summed E-state index contributed by atoms with van der Waals surface area (Å²) in [6.45, 7) is -14.1. The average molecular weight is 1390 g/mol. The van der Waals surface area contributed by atoms with E-state index in [1.54, 1.807) is 0 Å². The zero-order valence-corrected chi connectivity index (χ0v) is 54.2. The molecule has 12 nitrogen and oxygen atoms in total. The average Bonchev–Trinajstić information content (AvgIpc) is 1.52. The number of amides is 2. The van der Waals surface area contributed by atoms with Gasteiger partial charge in [0.25, 0.3) is 11.1 Å². The summed E-state index contributed by atoms with van der Waals surface area (Å²) in [5.41, 5.74) is -6.82. The number of rotatable bonds is 26. The molecule has 8 aromatic rings. The molecule has 0 bridgehead atoms. The number of carbonyl (C=O) groups excluding carboxylic acids is 2. The van der Waals surface area contributed by atoms with Gasteiger partial charge < -0.3 is 28.7 Å². The quantitative estimate of drug-likeness (QED) is 0.0295. The lowest BCUT2D eigenvalue weighted by Crippen LogP contribution is -2.40. The highest BCUT2D eigenvalue weighted by atomic mass is 32.2. The van der Waals surface area contributed by atoms with Gasteiger partial charge in [-0.05, 0) is 163 Å². The first-order chi connectivity index (χ1) is 54.9. The van der Waals surface area contributed by atoms with E-state index >= 15 is 0 Å². The van der Waals surface area contributed by atoms with Gasteiger partial charge in [0, 0.05) is 91.0 Å². The molecule has 0 fully saturated rings. The van der Waals surface area contributed by atoms with E-state index in [1.165, 1.54) is 89.5 Å². The van der Waals surface area contributed by atoms with Crippen LogP contribution in [0.15, 0.2) is 159 Å². The number of thioether (sulfide) groups is 2. The van der Waals surface area contributed by atoms with Crippen LogP contribution in [-0.2, 0) is 85.1 Å². The summed E-state index contributed by atoms with van der Waals surface area (Å²) in [4.78, 5) is 66.7. The maximum absolute atomic E-state index is 14.7. The van der Waals surface area contributed by atoms with Gasteiger partial charge in [-0.15, -0.1) is 0 Å². The van der Waals surface area contributed by atoms with Crippen LogP contribution in [0.3, 0.4) is 0 Å².